The maximum Gasteiger partial charge on any atom is 0.222 e. The fourth-order valence-corrected chi connectivity index (χ4v) is 9.39. The average molecular weight is 471 g/mol. The summed E-state index contributed by atoms with van der Waals surface area (Å²) in [4.78, 5) is 25.8. The molecule has 0 spiro atoms. The summed E-state index contributed by atoms with van der Waals surface area (Å²) in [7, 11) is 0. The van der Waals surface area contributed by atoms with Crippen LogP contribution in [-0.4, -0.2) is 47.1 Å². The molecule has 0 bridgehead atoms. The highest BCUT2D eigenvalue weighted by Gasteiger charge is 2.59. The van der Waals surface area contributed by atoms with Crippen molar-refractivity contribution in [3.8, 4) is 0 Å². The van der Waals surface area contributed by atoms with Gasteiger partial charge in [-0.2, -0.15) is 0 Å². The Hall–Kier alpha value is -1.36. The second-order valence-electron chi connectivity index (χ2n) is 13.1. The number of nitrogens with zero attached hydrogens (tertiary/aromatic N) is 1. The highest BCUT2D eigenvalue weighted by molar-refractivity contribution is 5.78. The maximum absolute atomic E-state index is 12.7. The first-order valence-corrected chi connectivity index (χ1v) is 14.0. The van der Waals surface area contributed by atoms with E-state index in [1.807, 2.05) is 4.90 Å². The molecule has 5 rings (SSSR count). The molecule has 34 heavy (non-hydrogen) atoms. The minimum absolute atomic E-state index is 0.00998. The molecule has 0 unspecified atom stereocenters. The summed E-state index contributed by atoms with van der Waals surface area (Å²) >= 11 is 0. The van der Waals surface area contributed by atoms with E-state index in [-0.39, 0.29) is 24.0 Å². The van der Waals surface area contributed by atoms with Gasteiger partial charge in [-0.15, -0.1) is 0 Å². The molecule has 1 aliphatic heterocycles. The molecule has 1 heterocycles. The first kappa shape index (κ1) is 24.3. The minimum atomic E-state index is -0.128. The fourth-order valence-electron chi connectivity index (χ4n) is 9.39. The summed E-state index contributed by atoms with van der Waals surface area (Å²) in [5, 5.41) is 13.2. The Kier molecular flexibility index (Phi) is 6.40. The van der Waals surface area contributed by atoms with Crippen LogP contribution in [-0.2, 0) is 9.59 Å². The van der Waals surface area contributed by atoms with E-state index in [4.69, 9.17) is 0 Å². The molecule has 0 radical (unpaired) electrons. The number of aliphatic hydroxyl groups is 1. The van der Waals surface area contributed by atoms with Gasteiger partial charge < -0.3 is 15.3 Å². The van der Waals surface area contributed by atoms with Crippen molar-refractivity contribution in [2.75, 3.05) is 13.1 Å². The summed E-state index contributed by atoms with van der Waals surface area (Å²) in [6.07, 6.45) is 13.6. The normalized spacial score (nSPS) is 42.6. The number of nitrogens with one attached hydrogen (secondary N) is 1. The second kappa shape index (κ2) is 8.94. The third kappa shape index (κ3) is 4.04. The quantitative estimate of drug-likeness (QED) is 0.573. The molecule has 190 valence electrons. The van der Waals surface area contributed by atoms with E-state index in [0.717, 1.165) is 49.4 Å². The molecule has 5 aliphatic rings. The van der Waals surface area contributed by atoms with Crippen molar-refractivity contribution >= 4 is 11.8 Å². The number of fused-ring (bicyclic) bond motifs is 5. The molecular weight excluding hydrogens is 424 g/mol. The zero-order valence-electron chi connectivity index (χ0n) is 21.8. The van der Waals surface area contributed by atoms with Gasteiger partial charge in [-0.25, -0.2) is 0 Å². The zero-order chi connectivity index (χ0) is 24.3. The van der Waals surface area contributed by atoms with Crippen LogP contribution in [0.25, 0.3) is 0 Å². The number of carbonyl (C=O) groups excluding carboxylic acids is 2. The molecule has 1 saturated heterocycles. The number of carbonyl (C=O) groups is 2. The fraction of sp³-hybridized carbons (Fsp3) is 0.862. The molecule has 3 saturated carbocycles. The van der Waals surface area contributed by atoms with Crippen LogP contribution in [0.2, 0.25) is 0 Å². The molecule has 0 aromatic rings. The number of aliphatic hydroxyl groups excluding tert-OH is 1. The maximum atomic E-state index is 12.7. The predicted octanol–water partition coefficient (Wildman–Crippen LogP) is 4.69. The van der Waals surface area contributed by atoms with Crippen LogP contribution in [0.3, 0.4) is 0 Å². The molecule has 0 aromatic carbocycles. The SMILES string of the molecule is CC(=O)NC1CN(C(=O)CC[C@@H](C)[C@H]2CC[C@H]3[C@@H]4CC=C5C[C@@H](O)CC[C@]5(C)[C@H]4CC[C@]23C)C1. The van der Waals surface area contributed by atoms with Gasteiger partial charge in [-0.1, -0.05) is 32.4 Å². The Morgan fingerprint density at radius 3 is 2.65 bits per heavy atom. The van der Waals surface area contributed by atoms with Gasteiger partial charge in [-0.3, -0.25) is 9.59 Å². The number of hydrogen-bond donors (Lipinski definition) is 2. The lowest BCUT2D eigenvalue weighted by molar-refractivity contribution is -0.138. The topological polar surface area (TPSA) is 69.6 Å². The Balaban J connectivity index is 1.19. The van der Waals surface area contributed by atoms with Crippen molar-refractivity contribution in [1.82, 2.24) is 10.2 Å². The number of allylic oxidation sites excluding steroid dienone is 1. The molecule has 8 atom stereocenters. The molecule has 0 aromatic heterocycles. The van der Waals surface area contributed by atoms with Gasteiger partial charge in [0.2, 0.25) is 11.8 Å². The van der Waals surface area contributed by atoms with Crippen LogP contribution < -0.4 is 5.32 Å². The van der Waals surface area contributed by atoms with Crippen molar-refractivity contribution in [2.24, 2.45) is 40.4 Å². The number of hydrogen-bond acceptors (Lipinski definition) is 3. The van der Waals surface area contributed by atoms with Crippen molar-refractivity contribution in [1.29, 1.82) is 0 Å². The van der Waals surface area contributed by atoms with Crippen LogP contribution in [0.4, 0.5) is 0 Å². The van der Waals surface area contributed by atoms with E-state index in [1.54, 1.807) is 5.57 Å². The Bertz CT molecular complexity index is 848. The van der Waals surface area contributed by atoms with E-state index < -0.39 is 0 Å². The summed E-state index contributed by atoms with van der Waals surface area (Å²) < 4.78 is 0. The summed E-state index contributed by atoms with van der Waals surface area (Å²) in [6, 6.07) is 0.142. The Morgan fingerprint density at radius 2 is 1.91 bits per heavy atom. The van der Waals surface area contributed by atoms with Gasteiger partial charge in [0, 0.05) is 26.4 Å². The first-order valence-electron chi connectivity index (χ1n) is 14.0. The number of rotatable bonds is 5. The van der Waals surface area contributed by atoms with Crippen molar-refractivity contribution < 1.29 is 14.7 Å². The predicted molar refractivity (Wildman–Crippen MR) is 134 cm³/mol. The molecule has 4 aliphatic carbocycles. The smallest absolute Gasteiger partial charge is 0.222 e. The van der Waals surface area contributed by atoms with Crippen LogP contribution >= 0.6 is 0 Å². The second-order valence-corrected chi connectivity index (χ2v) is 13.1. The molecule has 2 N–H and O–H groups in total. The van der Waals surface area contributed by atoms with Gasteiger partial charge in [0.25, 0.3) is 0 Å². The monoisotopic (exact) mass is 470 g/mol. The van der Waals surface area contributed by atoms with Crippen molar-refractivity contribution in [2.45, 2.75) is 104 Å². The summed E-state index contributed by atoms with van der Waals surface area (Å²) in [6.45, 7) is 10.4. The van der Waals surface area contributed by atoms with Crippen molar-refractivity contribution in [3.05, 3.63) is 11.6 Å². The van der Waals surface area contributed by atoms with Gasteiger partial charge in [0.05, 0.1) is 12.1 Å². The van der Waals surface area contributed by atoms with Crippen molar-refractivity contribution in [3.63, 3.8) is 0 Å². The largest absolute Gasteiger partial charge is 0.393 e. The van der Waals surface area contributed by atoms with E-state index in [2.05, 4.69) is 32.2 Å². The molecule has 4 fully saturated rings. The Labute approximate surface area is 206 Å². The lowest BCUT2D eigenvalue weighted by atomic mass is 9.47. The van der Waals surface area contributed by atoms with Gasteiger partial charge in [-0.05, 0) is 98.2 Å². The van der Waals surface area contributed by atoms with E-state index in [0.29, 0.717) is 36.3 Å². The Morgan fingerprint density at radius 1 is 1.15 bits per heavy atom. The highest BCUT2D eigenvalue weighted by atomic mass is 16.3. The lowest BCUT2D eigenvalue weighted by Crippen LogP contribution is -2.60. The molecule has 5 nitrogen and oxygen atoms in total. The lowest BCUT2D eigenvalue weighted by Gasteiger charge is -2.58. The third-order valence-corrected chi connectivity index (χ3v) is 11.3. The highest BCUT2D eigenvalue weighted by Crippen LogP contribution is 2.67. The zero-order valence-corrected chi connectivity index (χ0v) is 21.8. The number of amides is 2. The van der Waals surface area contributed by atoms with Crippen LogP contribution in [0.15, 0.2) is 11.6 Å². The van der Waals surface area contributed by atoms with Gasteiger partial charge in [0.1, 0.15) is 0 Å². The van der Waals surface area contributed by atoms with E-state index in [9.17, 15) is 14.7 Å². The standard InChI is InChI=1S/C29H46N2O3/c1-18(5-10-27(34)31-16-21(17-31)30-19(2)32)24-8-9-25-23-7-6-20-15-22(33)11-13-28(20,3)26(23)12-14-29(24,25)4/h6,18,21-26,33H,5,7-17H2,1-4H3,(H,30,32)/t18-,22+,23+,24-,25+,26+,28+,29-/m1/s1. The molecule has 2 amide bonds. The van der Waals surface area contributed by atoms with Crippen LogP contribution in [0, 0.1) is 40.4 Å². The number of likely N-dealkylation sites (tertiary alicyclic amines) is 1. The first-order chi connectivity index (χ1) is 16.1. The van der Waals surface area contributed by atoms with Gasteiger partial charge in [0.15, 0.2) is 0 Å². The average Bonchev–Trinajstić information content (AvgIpc) is 3.11. The minimum Gasteiger partial charge on any atom is -0.393 e. The third-order valence-electron chi connectivity index (χ3n) is 11.3. The summed E-state index contributed by atoms with van der Waals surface area (Å²) in [5.41, 5.74) is 2.28. The van der Waals surface area contributed by atoms with Crippen LogP contribution in [0.1, 0.15) is 91.9 Å². The summed E-state index contributed by atoms with van der Waals surface area (Å²) in [5.74, 6) is 3.95. The van der Waals surface area contributed by atoms with E-state index in [1.165, 1.54) is 39.0 Å². The van der Waals surface area contributed by atoms with E-state index >= 15 is 0 Å². The van der Waals surface area contributed by atoms with Gasteiger partial charge >= 0.3 is 0 Å². The molecular formula is C29H46N2O3. The van der Waals surface area contributed by atoms with Crippen LogP contribution in [0.5, 0.6) is 0 Å². The molecule has 5 heteroatoms.